The molecule has 5 nitrogen and oxygen atoms in total. The largest absolute Gasteiger partial charge is 0.302 e. The van der Waals surface area contributed by atoms with Gasteiger partial charge < -0.3 is 4.90 Å². The van der Waals surface area contributed by atoms with E-state index in [1.165, 1.54) is 25.1 Å². The van der Waals surface area contributed by atoms with Gasteiger partial charge in [-0.2, -0.15) is 0 Å². The average molecular weight is 327 g/mol. The lowest BCUT2D eigenvalue weighted by atomic mass is 9.97. The van der Waals surface area contributed by atoms with E-state index in [0.29, 0.717) is 5.92 Å². The number of pyridine rings is 1. The van der Waals surface area contributed by atoms with Crippen molar-refractivity contribution in [1.82, 2.24) is 24.5 Å². The second-order valence-corrected chi connectivity index (χ2v) is 7.30. The monoisotopic (exact) mass is 327 g/mol. The van der Waals surface area contributed by atoms with Crippen LogP contribution < -0.4 is 0 Å². The highest BCUT2D eigenvalue weighted by atomic mass is 32.1. The Balaban J connectivity index is 1.44. The van der Waals surface area contributed by atoms with Crippen molar-refractivity contribution >= 4 is 17.0 Å². The molecule has 1 aliphatic rings. The Morgan fingerprint density at radius 3 is 3.13 bits per heavy atom. The van der Waals surface area contributed by atoms with Gasteiger partial charge >= 0.3 is 0 Å². The summed E-state index contributed by atoms with van der Waals surface area (Å²) in [5.41, 5.74) is 2.17. The lowest BCUT2D eigenvalue weighted by Crippen LogP contribution is -2.36. The van der Waals surface area contributed by atoms with Crippen molar-refractivity contribution in [2.24, 2.45) is 0 Å². The third-order valence-electron chi connectivity index (χ3n) is 4.56. The van der Waals surface area contributed by atoms with Gasteiger partial charge in [-0.25, -0.2) is 4.98 Å². The van der Waals surface area contributed by atoms with Crippen LogP contribution in [0.3, 0.4) is 0 Å². The highest BCUT2D eigenvalue weighted by Gasteiger charge is 2.25. The summed E-state index contributed by atoms with van der Waals surface area (Å²) in [5, 5.41) is 12.1. The Morgan fingerprint density at radius 2 is 2.26 bits per heavy atom. The Bertz CT molecular complexity index is 793. The van der Waals surface area contributed by atoms with Crippen LogP contribution >= 0.6 is 11.3 Å². The number of piperidine rings is 1. The second-order valence-electron chi connectivity index (χ2n) is 6.23. The fourth-order valence-corrected chi connectivity index (χ4v) is 4.05. The van der Waals surface area contributed by atoms with E-state index >= 15 is 0 Å². The molecule has 1 fully saturated rings. The second kappa shape index (κ2) is 6.37. The van der Waals surface area contributed by atoms with E-state index in [1.54, 1.807) is 11.3 Å². The van der Waals surface area contributed by atoms with Crippen molar-refractivity contribution in [3.8, 4) is 0 Å². The lowest BCUT2D eigenvalue weighted by Gasteiger charge is -2.31. The van der Waals surface area contributed by atoms with Crippen molar-refractivity contribution < 1.29 is 0 Å². The first kappa shape index (κ1) is 14.8. The molecule has 1 saturated heterocycles. The summed E-state index contributed by atoms with van der Waals surface area (Å²) in [6, 6.07) is 6.07. The summed E-state index contributed by atoms with van der Waals surface area (Å²) in [5.74, 6) is 1.58. The van der Waals surface area contributed by atoms with Gasteiger partial charge in [0, 0.05) is 37.0 Å². The van der Waals surface area contributed by atoms with Gasteiger partial charge in [-0.1, -0.05) is 6.07 Å². The minimum atomic E-state index is 0.471. The van der Waals surface area contributed by atoms with Gasteiger partial charge in [-0.05, 0) is 38.4 Å². The zero-order valence-corrected chi connectivity index (χ0v) is 14.2. The van der Waals surface area contributed by atoms with E-state index in [4.69, 9.17) is 0 Å². The molecule has 1 atom stereocenters. The first-order chi connectivity index (χ1) is 11.3. The van der Waals surface area contributed by atoms with Crippen molar-refractivity contribution in [2.75, 3.05) is 19.6 Å². The normalized spacial score (nSPS) is 19.4. The minimum Gasteiger partial charge on any atom is -0.302 e. The average Bonchev–Trinajstić information content (AvgIpc) is 3.19. The molecule has 0 saturated carbocycles. The molecule has 4 heterocycles. The Hall–Kier alpha value is -1.79. The Kier molecular flexibility index (Phi) is 4.10. The summed E-state index contributed by atoms with van der Waals surface area (Å²) in [6.07, 6.45) is 5.53. The highest BCUT2D eigenvalue weighted by molar-refractivity contribution is 7.09. The van der Waals surface area contributed by atoms with Gasteiger partial charge in [0.15, 0.2) is 5.65 Å². The van der Waals surface area contributed by atoms with Crippen LogP contribution in [0.4, 0.5) is 0 Å². The predicted octanol–water partition coefficient (Wildman–Crippen LogP) is 2.92. The van der Waals surface area contributed by atoms with E-state index in [1.807, 2.05) is 18.2 Å². The number of rotatable bonds is 4. The number of aromatic nitrogens is 4. The third kappa shape index (κ3) is 3.14. The smallest absolute Gasteiger partial charge is 0.160 e. The molecule has 0 bridgehead atoms. The summed E-state index contributed by atoms with van der Waals surface area (Å²) in [4.78, 5) is 7.12. The maximum Gasteiger partial charge on any atom is 0.160 e. The first-order valence-electron chi connectivity index (χ1n) is 8.22. The van der Waals surface area contributed by atoms with Crippen molar-refractivity contribution in [3.05, 3.63) is 46.3 Å². The highest BCUT2D eigenvalue weighted by Crippen LogP contribution is 2.26. The zero-order chi connectivity index (χ0) is 15.6. The minimum absolute atomic E-state index is 0.471. The molecule has 1 aliphatic heterocycles. The number of fused-ring (bicyclic) bond motifs is 1. The topological polar surface area (TPSA) is 46.3 Å². The van der Waals surface area contributed by atoms with Crippen LogP contribution in [0.2, 0.25) is 0 Å². The molecule has 4 rings (SSSR count). The van der Waals surface area contributed by atoms with Gasteiger partial charge in [0.05, 0.1) is 10.7 Å². The molecule has 0 radical (unpaired) electrons. The molecule has 23 heavy (non-hydrogen) atoms. The molecule has 0 aliphatic carbocycles. The summed E-state index contributed by atoms with van der Waals surface area (Å²) < 4.78 is 2.14. The summed E-state index contributed by atoms with van der Waals surface area (Å²) in [7, 11) is 0. The maximum absolute atomic E-state index is 4.57. The van der Waals surface area contributed by atoms with Crippen molar-refractivity contribution in [2.45, 2.75) is 32.1 Å². The molecule has 1 unspecified atom stereocenters. The van der Waals surface area contributed by atoms with Crippen LogP contribution in [-0.2, 0) is 6.42 Å². The Labute approximate surface area is 140 Å². The van der Waals surface area contributed by atoms with Crippen molar-refractivity contribution in [1.29, 1.82) is 0 Å². The molecule has 0 amide bonds. The predicted molar refractivity (Wildman–Crippen MR) is 92.0 cm³/mol. The maximum atomic E-state index is 4.57. The van der Waals surface area contributed by atoms with Gasteiger partial charge in [-0.3, -0.25) is 4.40 Å². The van der Waals surface area contributed by atoms with Crippen LogP contribution in [-0.4, -0.2) is 44.1 Å². The number of nitrogens with zero attached hydrogens (tertiary/aromatic N) is 5. The van der Waals surface area contributed by atoms with E-state index in [2.05, 4.69) is 43.0 Å². The van der Waals surface area contributed by atoms with Crippen LogP contribution in [0.25, 0.3) is 5.65 Å². The number of hydrogen-bond donors (Lipinski definition) is 0. The van der Waals surface area contributed by atoms with E-state index < -0.39 is 0 Å². The zero-order valence-electron chi connectivity index (χ0n) is 13.4. The van der Waals surface area contributed by atoms with E-state index in [0.717, 1.165) is 36.0 Å². The number of likely N-dealkylation sites (tertiary alicyclic amines) is 1. The number of hydrogen-bond acceptors (Lipinski definition) is 5. The molecule has 0 spiro atoms. The number of aryl methyl sites for hydroxylation is 1. The molecular weight excluding hydrogens is 306 g/mol. The van der Waals surface area contributed by atoms with Crippen LogP contribution in [0.5, 0.6) is 0 Å². The molecular formula is C17H21N5S. The molecule has 0 aromatic carbocycles. The standard InChI is InChI=1S/C17H21N5S/c1-13-18-15(12-23-13)7-10-21-8-4-5-14(11-21)17-20-19-16-6-2-3-9-22(16)17/h2-3,6,9,12,14H,4-5,7-8,10-11H2,1H3. The SMILES string of the molecule is Cc1nc(CCN2CCCC(c3nnc4ccccn34)C2)cs1. The fourth-order valence-electron chi connectivity index (χ4n) is 3.40. The van der Waals surface area contributed by atoms with Gasteiger partial charge in [0.1, 0.15) is 5.82 Å². The van der Waals surface area contributed by atoms with Crippen LogP contribution in [0, 0.1) is 6.92 Å². The fraction of sp³-hybridized carbons (Fsp3) is 0.471. The van der Waals surface area contributed by atoms with Crippen molar-refractivity contribution in [3.63, 3.8) is 0 Å². The van der Waals surface area contributed by atoms with Gasteiger partial charge in [0.2, 0.25) is 0 Å². The first-order valence-corrected chi connectivity index (χ1v) is 9.10. The van der Waals surface area contributed by atoms with E-state index in [-0.39, 0.29) is 0 Å². The lowest BCUT2D eigenvalue weighted by molar-refractivity contribution is 0.205. The molecule has 120 valence electrons. The third-order valence-corrected chi connectivity index (χ3v) is 5.38. The molecule has 3 aromatic rings. The van der Waals surface area contributed by atoms with Gasteiger partial charge in [-0.15, -0.1) is 21.5 Å². The Morgan fingerprint density at radius 1 is 1.30 bits per heavy atom. The van der Waals surface area contributed by atoms with Crippen LogP contribution in [0.15, 0.2) is 29.8 Å². The quantitative estimate of drug-likeness (QED) is 0.739. The molecule has 0 N–H and O–H groups in total. The van der Waals surface area contributed by atoms with E-state index in [9.17, 15) is 0 Å². The van der Waals surface area contributed by atoms with Crippen LogP contribution in [0.1, 0.15) is 35.3 Å². The van der Waals surface area contributed by atoms with Gasteiger partial charge in [0.25, 0.3) is 0 Å². The molecule has 3 aromatic heterocycles. The summed E-state index contributed by atoms with van der Waals surface area (Å²) >= 11 is 1.74. The summed E-state index contributed by atoms with van der Waals surface area (Å²) in [6.45, 7) is 5.40. The number of thiazole rings is 1. The molecule has 6 heteroatoms.